The van der Waals surface area contributed by atoms with Gasteiger partial charge in [0.15, 0.2) is 6.10 Å². The number of carbonyl (C=O) groups excluding carboxylic acids is 1. The third-order valence-electron chi connectivity index (χ3n) is 2.17. The van der Waals surface area contributed by atoms with E-state index in [0.29, 0.717) is 18.2 Å². The third-order valence-corrected chi connectivity index (χ3v) is 3.16. The number of rotatable bonds is 3. The molecule has 0 spiro atoms. The highest BCUT2D eigenvalue weighted by molar-refractivity contribution is 7.18. The maximum Gasteiger partial charge on any atom is 0.345 e. The van der Waals surface area contributed by atoms with Crippen LogP contribution in [0.2, 0.25) is 0 Å². The number of nitrogens with one attached hydrogen (secondary N) is 1. The van der Waals surface area contributed by atoms with Gasteiger partial charge < -0.3 is 19.9 Å². The number of carbonyl (C=O) groups is 2. The number of amides is 1. The van der Waals surface area contributed by atoms with Crippen LogP contribution < -0.4 is 5.32 Å². The zero-order chi connectivity index (χ0) is 12.3. The van der Waals surface area contributed by atoms with Crippen molar-refractivity contribution in [3.63, 3.8) is 0 Å². The van der Waals surface area contributed by atoms with Crippen molar-refractivity contribution in [1.29, 1.82) is 0 Å². The summed E-state index contributed by atoms with van der Waals surface area (Å²) in [6, 6.07) is 3.00. The van der Waals surface area contributed by atoms with E-state index in [1.54, 1.807) is 6.07 Å². The summed E-state index contributed by atoms with van der Waals surface area (Å²) in [7, 11) is 0. The second-order valence-electron chi connectivity index (χ2n) is 3.39. The van der Waals surface area contributed by atoms with E-state index in [1.165, 1.54) is 6.07 Å². The molecule has 2 rings (SSSR count). The Labute approximate surface area is 101 Å². The van der Waals surface area contributed by atoms with Gasteiger partial charge in [-0.2, -0.15) is 0 Å². The molecule has 0 aromatic carbocycles. The van der Waals surface area contributed by atoms with Gasteiger partial charge in [0.25, 0.3) is 5.91 Å². The Kier molecular flexibility index (Phi) is 3.72. The molecular weight excluding hydrogens is 246 g/mol. The second kappa shape index (κ2) is 5.26. The SMILES string of the molecule is O=C(O)c1ccc(NC(=O)C2COCCO2)s1. The molecule has 2 heterocycles. The molecule has 1 aliphatic heterocycles. The lowest BCUT2D eigenvalue weighted by atomic mass is 10.3. The minimum atomic E-state index is -1.01. The zero-order valence-corrected chi connectivity index (χ0v) is 9.66. The fraction of sp³-hybridized carbons (Fsp3) is 0.400. The Morgan fingerprint density at radius 1 is 1.41 bits per heavy atom. The molecule has 1 aliphatic rings. The van der Waals surface area contributed by atoms with E-state index in [2.05, 4.69) is 5.32 Å². The normalized spacial score (nSPS) is 19.9. The number of ether oxygens (including phenoxy) is 2. The summed E-state index contributed by atoms with van der Waals surface area (Å²) < 4.78 is 10.3. The molecule has 1 amide bonds. The Morgan fingerprint density at radius 2 is 2.24 bits per heavy atom. The monoisotopic (exact) mass is 257 g/mol. The molecule has 1 aromatic rings. The van der Waals surface area contributed by atoms with Crippen LogP contribution in [0.25, 0.3) is 0 Å². The Morgan fingerprint density at radius 3 is 2.82 bits per heavy atom. The summed E-state index contributed by atoms with van der Waals surface area (Å²) in [6.45, 7) is 1.11. The van der Waals surface area contributed by atoms with Gasteiger partial charge in [0.1, 0.15) is 4.88 Å². The lowest BCUT2D eigenvalue weighted by Crippen LogP contribution is -2.38. The van der Waals surface area contributed by atoms with Gasteiger partial charge in [0.2, 0.25) is 0 Å². The average Bonchev–Trinajstić information content (AvgIpc) is 2.79. The zero-order valence-electron chi connectivity index (χ0n) is 8.84. The Balaban J connectivity index is 1.94. The van der Waals surface area contributed by atoms with E-state index >= 15 is 0 Å². The van der Waals surface area contributed by atoms with Crippen molar-refractivity contribution in [2.24, 2.45) is 0 Å². The van der Waals surface area contributed by atoms with Crippen LogP contribution in [0.15, 0.2) is 12.1 Å². The summed E-state index contributed by atoms with van der Waals surface area (Å²) >= 11 is 1.01. The first-order chi connectivity index (χ1) is 8.16. The van der Waals surface area contributed by atoms with Crippen molar-refractivity contribution >= 4 is 28.2 Å². The van der Waals surface area contributed by atoms with Gasteiger partial charge in [-0.05, 0) is 12.1 Å². The van der Waals surface area contributed by atoms with Crippen LogP contribution in [0.3, 0.4) is 0 Å². The van der Waals surface area contributed by atoms with Gasteiger partial charge in [0, 0.05) is 0 Å². The van der Waals surface area contributed by atoms with Crippen molar-refractivity contribution in [3.05, 3.63) is 17.0 Å². The van der Waals surface area contributed by atoms with Crippen molar-refractivity contribution < 1.29 is 24.2 Å². The highest BCUT2D eigenvalue weighted by Gasteiger charge is 2.23. The van der Waals surface area contributed by atoms with Gasteiger partial charge >= 0.3 is 5.97 Å². The van der Waals surface area contributed by atoms with Crippen molar-refractivity contribution in [2.45, 2.75) is 6.10 Å². The molecule has 92 valence electrons. The smallest absolute Gasteiger partial charge is 0.345 e. The van der Waals surface area contributed by atoms with Crippen LogP contribution in [0.4, 0.5) is 5.00 Å². The molecule has 6 nitrogen and oxygen atoms in total. The highest BCUT2D eigenvalue weighted by Crippen LogP contribution is 2.22. The molecule has 0 bridgehead atoms. The first kappa shape index (κ1) is 12.0. The number of anilines is 1. The average molecular weight is 257 g/mol. The molecule has 0 saturated carbocycles. The first-order valence-corrected chi connectivity index (χ1v) is 5.82. The van der Waals surface area contributed by atoms with Crippen LogP contribution in [0, 0.1) is 0 Å². The minimum Gasteiger partial charge on any atom is -0.477 e. The fourth-order valence-corrected chi connectivity index (χ4v) is 2.11. The summed E-state index contributed by atoms with van der Waals surface area (Å²) in [5.41, 5.74) is 0. The number of carboxylic acids is 1. The number of hydrogen-bond acceptors (Lipinski definition) is 5. The predicted molar refractivity (Wildman–Crippen MR) is 60.5 cm³/mol. The summed E-state index contributed by atoms with van der Waals surface area (Å²) in [4.78, 5) is 22.5. The fourth-order valence-electron chi connectivity index (χ4n) is 1.36. The highest BCUT2D eigenvalue weighted by atomic mass is 32.1. The molecule has 7 heteroatoms. The molecule has 1 atom stereocenters. The number of aromatic carboxylic acids is 1. The molecular formula is C10H11NO5S. The van der Waals surface area contributed by atoms with Crippen LogP contribution in [-0.4, -0.2) is 42.9 Å². The van der Waals surface area contributed by atoms with Gasteiger partial charge in [-0.1, -0.05) is 0 Å². The van der Waals surface area contributed by atoms with E-state index in [1.807, 2.05) is 0 Å². The first-order valence-electron chi connectivity index (χ1n) is 5.00. The van der Waals surface area contributed by atoms with E-state index < -0.39 is 12.1 Å². The summed E-state index contributed by atoms with van der Waals surface area (Å²) in [5, 5.41) is 11.8. The molecule has 0 aliphatic carbocycles. The predicted octanol–water partition coefficient (Wildman–Crippen LogP) is 0.800. The van der Waals surface area contributed by atoms with E-state index in [9.17, 15) is 9.59 Å². The van der Waals surface area contributed by atoms with E-state index in [4.69, 9.17) is 14.6 Å². The van der Waals surface area contributed by atoms with Crippen molar-refractivity contribution in [3.8, 4) is 0 Å². The summed E-state index contributed by atoms with van der Waals surface area (Å²) in [5.74, 6) is -1.32. The lowest BCUT2D eigenvalue weighted by molar-refractivity contribution is -0.142. The molecule has 2 N–H and O–H groups in total. The van der Waals surface area contributed by atoms with Crippen LogP contribution >= 0.6 is 11.3 Å². The lowest BCUT2D eigenvalue weighted by Gasteiger charge is -2.21. The third kappa shape index (κ3) is 3.02. The quantitative estimate of drug-likeness (QED) is 0.836. The topological polar surface area (TPSA) is 84.9 Å². The van der Waals surface area contributed by atoms with Crippen molar-refractivity contribution in [2.75, 3.05) is 25.1 Å². The van der Waals surface area contributed by atoms with Gasteiger partial charge in [0.05, 0.1) is 24.8 Å². The molecule has 17 heavy (non-hydrogen) atoms. The molecule has 1 fully saturated rings. The maximum atomic E-state index is 11.7. The van der Waals surface area contributed by atoms with Crippen LogP contribution in [0.1, 0.15) is 9.67 Å². The van der Waals surface area contributed by atoms with E-state index in [0.717, 1.165) is 11.3 Å². The van der Waals surface area contributed by atoms with Gasteiger partial charge in [-0.3, -0.25) is 4.79 Å². The maximum absolute atomic E-state index is 11.7. The van der Waals surface area contributed by atoms with Crippen LogP contribution in [-0.2, 0) is 14.3 Å². The summed E-state index contributed by atoms with van der Waals surface area (Å²) in [6.07, 6.45) is -0.626. The van der Waals surface area contributed by atoms with E-state index in [-0.39, 0.29) is 17.4 Å². The second-order valence-corrected chi connectivity index (χ2v) is 4.48. The largest absolute Gasteiger partial charge is 0.477 e. The molecule has 1 unspecified atom stereocenters. The molecule has 0 radical (unpaired) electrons. The number of carboxylic acid groups (broad SMARTS) is 1. The van der Waals surface area contributed by atoms with Gasteiger partial charge in [-0.15, -0.1) is 11.3 Å². The minimum absolute atomic E-state index is 0.182. The standard InChI is InChI=1S/C10H11NO5S/c12-9(6-5-15-3-4-16-6)11-8-2-1-7(17-8)10(13)14/h1-2,6H,3-5H2,(H,11,12)(H,13,14). The van der Waals surface area contributed by atoms with Crippen LogP contribution in [0.5, 0.6) is 0 Å². The van der Waals surface area contributed by atoms with Crippen molar-refractivity contribution in [1.82, 2.24) is 0 Å². The molecule has 1 saturated heterocycles. The number of thiophene rings is 1. The number of hydrogen-bond donors (Lipinski definition) is 2. The Bertz CT molecular complexity index is 424. The Hall–Kier alpha value is -1.44. The molecule has 1 aromatic heterocycles. The van der Waals surface area contributed by atoms with Gasteiger partial charge in [-0.25, -0.2) is 4.79 Å².